The second kappa shape index (κ2) is 6.80. The summed E-state index contributed by atoms with van der Waals surface area (Å²) >= 11 is 0. The van der Waals surface area contributed by atoms with Crippen LogP contribution >= 0.6 is 0 Å². The first-order chi connectivity index (χ1) is 11.1. The monoisotopic (exact) mass is 328 g/mol. The van der Waals surface area contributed by atoms with E-state index >= 15 is 0 Å². The Kier molecular flexibility index (Phi) is 5.16. The lowest BCUT2D eigenvalue weighted by molar-refractivity contribution is -0.123. The van der Waals surface area contributed by atoms with Gasteiger partial charge in [-0.15, -0.1) is 0 Å². The van der Waals surface area contributed by atoms with Gasteiger partial charge in [0.2, 0.25) is 5.91 Å². The number of allylic oxidation sites excluding steroid dienone is 2. The standard InChI is InChI=1S/C20H28N2O2/c1-13(2)11-16-17(20(16,3)4)18(23)21-12-14-7-9-15(10-8-14)19(24)22(5)6/h7-11,16-17H,12H2,1-6H3,(H,21,23). The maximum Gasteiger partial charge on any atom is 0.253 e. The summed E-state index contributed by atoms with van der Waals surface area (Å²) in [5.74, 6) is 0.454. The van der Waals surface area contributed by atoms with Crippen molar-refractivity contribution in [2.24, 2.45) is 17.3 Å². The van der Waals surface area contributed by atoms with Crippen molar-refractivity contribution < 1.29 is 9.59 Å². The van der Waals surface area contributed by atoms with Gasteiger partial charge < -0.3 is 10.2 Å². The molecule has 1 aliphatic carbocycles. The normalized spacial score (nSPS) is 20.9. The molecule has 0 aliphatic heterocycles. The molecule has 24 heavy (non-hydrogen) atoms. The molecular formula is C20H28N2O2. The van der Waals surface area contributed by atoms with Crippen molar-refractivity contribution >= 4 is 11.8 Å². The molecule has 0 aromatic heterocycles. The molecule has 1 fully saturated rings. The van der Waals surface area contributed by atoms with E-state index in [0.29, 0.717) is 18.0 Å². The number of hydrogen-bond acceptors (Lipinski definition) is 2. The van der Waals surface area contributed by atoms with Crippen LogP contribution in [0.2, 0.25) is 0 Å². The Balaban J connectivity index is 1.93. The SMILES string of the molecule is CC(C)=CC1C(C(=O)NCc2ccc(C(=O)N(C)C)cc2)C1(C)C. The molecule has 2 unspecified atom stereocenters. The molecule has 2 rings (SSSR count). The number of nitrogens with one attached hydrogen (secondary N) is 1. The minimum Gasteiger partial charge on any atom is -0.352 e. The first kappa shape index (κ1) is 18.2. The van der Waals surface area contributed by atoms with Crippen LogP contribution in [0.3, 0.4) is 0 Å². The summed E-state index contributed by atoms with van der Waals surface area (Å²) in [4.78, 5) is 25.9. The molecule has 130 valence electrons. The van der Waals surface area contributed by atoms with Crippen LogP contribution < -0.4 is 5.32 Å². The van der Waals surface area contributed by atoms with Crippen LogP contribution in [0.25, 0.3) is 0 Å². The maximum atomic E-state index is 12.4. The summed E-state index contributed by atoms with van der Waals surface area (Å²) < 4.78 is 0. The molecule has 0 radical (unpaired) electrons. The smallest absolute Gasteiger partial charge is 0.253 e. The Morgan fingerprint density at radius 3 is 2.25 bits per heavy atom. The predicted octanol–water partition coefficient (Wildman–Crippen LogP) is 3.24. The van der Waals surface area contributed by atoms with E-state index in [0.717, 1.165) is 5.56 Å². The summed E-state index contributed by atoms with van der Waals surface area (Å²) in [6.45, 7) is 8.91. The molecule has 1 aromatic rings. The van der Waals surface area contributed by atoms with Crippen molar-refractivity contribution in [3.63, 3.8) is 0 Å². The summed E-state index contributed by atoms with van der Waals surface area (Å²) in [5, 5.41) is 3.03. The Bertz CT molecular complexity index is 653. The van der Waals surface area contributed by atoms with Gasteiger partial charge in [-0.25, -0.2) is 0 Å². The fourth-order valence-electron chi connectivity index (χ4n) is 3.17. The topological polar surface area (TPSA) is 49.4 Å². The van der Waals surface area contributed by atoms with Gasteiger partial charge in [-0.05, 0) is 42.9 Å². The third kappa shape index (κ3) is 3.86. The predicted molar refractivity (Wildman–Crippen MR) is 96.5 cm³/mol. The highest BCUT2D eigenvalue weighted by molar-refractivity contribution is 5.93. The van der Waals surface area contributed by atoms with Crippen LogP contribution in [0.1, 0.15) is 43.6 Å². The number of benzene rings is 1. The first-order valence-electron chi connectivity index (χ1n) is 8.38. The number of carbonyl (C=O) groups excluding carboxylic acids is 2. The van der Waals surface area contributed by atoms with Gasteiger partial charge in [0, 0.05) is 26.2 Å². The largest absolute Gasteiger partial charge is 0.352 e. The van der Waals surface area contributed by atoms with Gasteiger partial charge in [0.05, 0.1) is 5.92 Å². The minimum atomic E-state index is -0.0186. The lowest BCUT2D eigenvalue weighted by Gasteiger charge is -2.11. The van der Waals surface area contributed by atoms with E-state index in [1.165, 1.54) is 5.57 Å². The molecular weight excluding hydrogens is 300 g/mol. The van der Waals surface area contributed by atoms with Crippen molar-refractivity contribution in [1.29, 1.82) is 0 Å². The molecule has 0 spiro atoms. The average molecular weight is 328 g/mol. The van der Waals surface area contributed by atoms with E-state index in [1.807, 2.05) is 12.1 Å². The number of rotatable bonds is 5. The van der Waals surface area contributed by atoms with Crippen LogP contribution in [0.5, 0.6) is 0 Å². The maximum absolute atomic E-state index is 12.4. The molecule has 2 atom stereocenters. The van der Waals surface area contributed by atoms with Crippen LogP contribution in [0.4, 0.5) is 0 Å². The molecule has 2 amide bonds. The first-order valence-corrected chi connectivity index (χ1v) is 8.38. The highest BCUT2D eigenvalue weighted by Crippen LogP contribution is 2.59. The number of amides is 2. The zero-order valence-electron chi connectivity index (χ0n) is 15.5. The Labute approximate surface area is 144 Å². The van der Waals surface area contributed by atoms with E-state index in [-0.39, 0.29) is 23.1 Å². The van der Waals surface area contributed by atoms with Crippen LogP contribution in [-0.2, 0) is 11.3 Å². The third-order valence-electron chi connectivity index (χ3n) is 4.78. The Morgan fingerprint density at radius 1 is 1.17 bits per heavy atom. The fourth-order valence-corrected chi connectivity index (χ4v) is 3.17. The van der Waals surface area contributed by atoms with Crippen LogP contribution in [-0.4, -0.2) is 30.8 Å². The lowest BCUT2D eigenvalue weighted by Crippen LogP contribution is -2.26. The van der Waals surface area contributed by atoms with Gasteiger partial charge in [0.25, 0.3) is 5.91 Å². The fraction of sp³-hybridized carbons (Fsp3) is 0.500. The Hall–Kier alpha value is -2.10. The molecule has 0 heterocycles. The summed E-state index contributed by atoms with van der Waals surface area (Å²) in [5.41, 5.74) is 2.94. The van der Waals surface area contributed by atoms with E-state index < -0.39 is 0 Å². The summed E-state index contributed by atoms with van der Waals surface area (Å²) in [6, 6.07) is 7.39. The minimum absolute atomic E-state index is 0.0186. The van der Waals surface area contributed by atoms with Crippen molar-refractivity contribution in [2.75, 3.05) is 14.1 Å². The average Bonchev–Trinajstić information content (AvgIpc) is 3.04. The second-order valence-corrected chi connectivity index (χ2v) is 7.68. The molecule has 4 nitrogen and oxygen atoms in total. The number of carbonyl (C=O) groups is 2. The van der Waals surface area contributed by atoms with Crippen molar-refractivity contribution in [2.45, 2.75) is 34.2 Å². The van der Waals surface area contributed by atoms with Crippen molar-refractivity contribution in [3.05, 3.63) is 47.0 Å². The van der Waals surface area contributed by atoms with E-state index in [9.17, 15) is 9.59 Å². The summed E-state index contributed by atoms with van der Waals surface area (Å²) in [6.07, 6.45) is 2.20. The zero-order valence-corrected chi connectivity index (χ0v) is 15.5. The molecule has 0 bridgehead atoms. The van der Waals surface area contributed by atoms with E-state index in [4.69, 9.17) is 0 Å². The van der Waals surface area contributed by atoms with Crippen molar-refractivity contribution in [3.8, 4) is 0 Å². The van der Waals surface area contributed by atoms with Gasteiger partial charge in [-0.1, -0.05) is 37.6 Å². The summed E-state index contributed by atoms with van der Waals surface area (Å²) in [7, 11) is 3.47. The second-order valence-electron chi connectivity index (χ2n) is 7.68. The Morgan fingerprint density at radius 2 is 1.75 bits per heavy atom. The van der Waals surface area contributed by atoms with Gasteiger partial charge >= 0.3 is 0 Å². The zero-order chi connectivity index (χ0) is 18.1. The molecule has 1 N–H and O–H groups in total. The number of hydrogen-bond donors (Lipinski definition) is 1. The lowest BCUT2D eigenvalue weighted by atomic mass is 10.1. The third-order valence-corrected chi connectivity index (χ3v) is 4.78. The van der Waals surface area contributed by atoms with Gasteiger partial charge in [0.15, 0.2) is 0 Å². The highest BCUT2D eigenvalue weighted by Gasteiger charge is 2.60. The molecule has 1 aliphatic rings. The van der Waals surface area contributed by atoms with Crippen LogP contribution in [0.15, 0.2) is 35.9 Å². The molecule has 4 heteroatoms. The molecule has 1 aromatic carbocycles. The molecule has 0 saturated heterocycles. The van der Waals surface area contributed by atoms with Crippen molar-refractivity contribution in [1.82, 2.24) is 10.2 Å². The molecule has 1 saturated carbocycles. The van der Waals surface area contributed by atoms with Gasteiger partial charge in [-0.3, -0.25) is 9.59 Å². The number of nitrogens with zero attached hydrogens (tertiary/aromatic N) is 1. The van der Waals surface area contributed by atoms with Gasteiger partial charge in [-0.2, -0.15) is 0 Å². The van der Waals surface area contributed by atoms with Crippen LogP contribution in [0, 0.1) is 17.3 Å². The highest BCUT2D eigenvalue weighted by atomic mass is 16.2. The van der Waals surface area contributed by atoms with E-state index in [1.54, 1.807) is 31.1 Å². The quantitative estimate of drug-likeness (QED) is 0.844. The van der Waals surface area contributed by atoms with Gasteiger partial charge in [0.1, 0.15) is 0 Å². The van der Waals surface area contributed by atoms with E-state index in [2.05, 4.69) is 39.1 Å².